The van der Waals surface area contributed by atoms with Crippen LogP contribution in [0.2, 0.25) is 0 Å². The molecule has 3 nitrogen and oxygen atoms in total. The van der Waals surface area contributed by atoms with Gasteiger partial charge in [0.05, 0.1) is 39.0 Å². The number of halogens is 3. The van der Waals surface area contributed by atoms with Crippen LogP contribution in [0.1, 0.15) is 33.4 Å². The Balaban J connectivity index is 1.59. The van der Waals surface area contributed by atoms with Crippen LogP contribution in [0, 0.1) is 39.0 Å². The highest BCUT2D eigenvalue weighted by Crippen LogP contribution is 2.45. The van der Waals surface area contributed by atoms with Crippen molar-refractivity contribution in [2.24, 2.45) is 0 Å². The number of alkyl halides is 3. The molecule has 0 aliphatic heterocycles. The number of nitriles is 1. The lowest BCUT2D eigenvalue weighted by Crippen LogP contribution is -2.10. The Morgan fingerprint density at radius 2 is 0.958 bits per heavy atom. The van der Waals surface area contributed by atoms with E-state index in [4.69, 9.17) is 0 Å². The molecule has 0 unspecified atom stereocenters. The van der Waals surface area contributed by atoms with Gasteiger partial charge >= 0.3 is 6.18 Å². The van der Waals surface area contributed by atoms with Gasteiger partial charge in [-0.1, -0.05) is 70.8 Å². The summed E-state index contributed by atoms with van der Waals surface area (Å²) in [6.45, 7) is 8.15. The normalized spacial score (nSPS) is 12.0. The van der Waals surface area contributed by atoms with Gasteiger partial charge in [0.2, 0.25) is 0 Å². The summed E-state index contributed by atoms with van der Waals surface area (Å²) in [5.74, 6) is 0. The molecule has 0 fully saturated rings. The molecule has 0 saturated heterocycles. The Bertz CT molecular complexity index is 2540. The Kier molecular flexibility index (Phi) is 6.54. The van der Waals surface area contributed by atoms with Gasteiger partial charge in [-0.15, -0.1) is 0 Å². The number of hydrogen-bond donors (Lipinski definition) is 0. The molecule has 8 rings (SSSR count). The van der Waals surface area contributed by atoms with Gasteiger partial charge in [0.15, 0.2) is 0 Å². The average Bonchev–Trinajstić information content (AvgIpc) is 3.54. The fraction of sp³-hybridized carbons (Fsp3) is 0.119. The summed E-state index contributed by atoms with van der Waals surface area (Å²) in [6.07, 6.45) is -4.60. The highest BCUT2D eigenvalue weighted by molar-refractivity contribution is 6.12. The maximum Gasteiger partial charge on any atom is 0.417 e. The monoisotopic (exact) mass is 633 g/mol. The Morgan fingerprint density at radius 3 is 1.40 bits per heavy atom. The maximum atomic E-state index is 14.6. The molecule has 0 spiro atoms. The largest absolute Gasteiger partial charge is 0.417 e. The lowest BCUT2D eigenvalue weighted by atomic mass is 9.94. The van der Waals surface area contributed by atoms with Crippen molar-refractivity contribution in [3.05, 3.63) is 143 Å². The molecule has 0 aliphatic carbocycles. The highest BCUT2D eigenvalue weighted by Gasteiger charge is 2.35. The predicted molar refractivity (Wildman–Crippen MR) is 189 cm³/mol. The molecular formula is C42H30F3N3. The highest BCUT2D eigenvalue weighted by atomic mass is 19.4. The number of nitrogens with zero attached hydrogens (tertiary/aromatic N) is 3. The minimum atomic E-state index is -4.60. The number of fused-ring (bicyclic) bond motifs is 6. The van der Waals surface area contributed by atoms with Crippen LogP contribution < -0.4 is 0 Å². The van der Waals surface area contributed by atoms with Crippen molar-refractivity contribution in [3.63, 3.8) is 0 Å². The lowest BCUT2D eigenvalue weighted by molar-refractivity contribution is -0.137. The maximum absolute atomic E-state index is 14.6. The van der Waals surface area contributed by atoms with Crippen LogP contribution in [0.3, 0.4) is 0 Å². The fourth-order valence-electron chi connectivity index (χ4n) is 7.29. The van der Waals surface area contributed by atoms with E-state index in [1.807, 2.05) is 54.8 Å². The zero-order chi connectivity index (χ0) is 33.5. The van der Waals surface area contributed by atoms with Crippen molar-refractivity contribution in [3.8, 4) is 28.6 Å². The number of rotatable bonds is 3. The van der Waals surface area contributed by atoms with E-state index >= 15 is 0 Å². The summed E-state index contributed by atoms with van der Waals surface area (Å²) in [6, 6.07) is 36.3. The second kappa shape index (κ2) is 10.6. The van der Waals surface area contributed by atoms with E-state index in [0.717, 1.165) is 71.9 Å². The number of aryl methyl sites for hydroxylation is 4. The van der Waals surface area contributed by atoms with E-state index in [0.29, 0.717) is 16.9 Å². The van der Waals surface area contributed by atoms with Gasteiger partial charge < -0.3 is 9.13 Å². The second-order valence-corrected chi connectivity index (χ2v) is 12.8. The van der Waals surface area contributed by atoms with Crippen LogP contribution in [0.25, 0.3) is 66.1 Å². The third kappa shape index (κ3) is 4.42. The topological polar surface area (TPSA) is 33.6 Å². The lowest BCUT2D eigenvalue weighted by Gasteiger charge is -2.22. The molecule has 0 saturated carbocycles. The van der Waals surface area contributed by atoms with Crippen molar-refractivity contribution in [2.45, 2.75) is 33.9 Å². The zero-order valence-corrected chi connectivity index (χ0v) is 26.9. The first-order valence-electron chi connectivity index (χ1n) is 15.8. The van der Waals surface area contributed by atoms with E-state index in [9.17, 15) is 18.4 Å². The van der Waals surface area contributed by atoms with Gasteiger partial charge in [0, 0.05) is 27.1 Å². The summed E-state index contributed by atoms with van der Waals surface area (Å²) in [5.41, 5.74) is 8.70. The molecular weight excluding hydrogens is 603 g/mol. The first kappa shape index (κ1) is 29.6. The van der Waals surface area contributed by atoms with Crippen LogP contribution in [-0.4, -0.2) is 9.13 Å². The van der Waals surface area contributed by atoms with Gasteiger partial charge in [0.1, 0.15) is 11.6 Å². The summed E-state index contributed by atoms with van der Waals surface area (Å²) < 4.78 is 47.9. The molecule has 6 heteroatoms. The van der Waals surface area contributed by atoms with Crippen molar-refractivity contribution in [1.82, 2.24) is 9.13 Å². The molecule has 234 valence electrons. The first-order chi connectivity index (χ1) is 23.0. The molecule has 0 aliphatic rings. The Hall–Kier alpha value is -5.80. The van der Waals surface area contributed by atoms with Crippen LogP contribution in [0.5, 0.6) is 0 Å². The van der Waals surface area contributed by atoms with Gasteiger partial charge in [-0.05, 0) is 93.9 Å². The molecule has 8 aromatic rings. The third-order valence-corrected chi connectivity index (χ3v) is 9.41. The fourth-order valence-corrected chi connectivity index (χ4v) is 7.29. The second-order valence-electron chi connectivity index (χ2n) is 12.8. The Labute approximate surface area is 275 Å². The Morgan fingerprint density at radius 1 is 0.521 bits per heavy atom. The van der Waals surface area contributed by atoms with Crippen molar-refractivity contribution >= 4 is 43.6 Å². The van der Waals surface area contributed by atoms with Crippen LogP contribution in [0.15, 0.2) is 109 Å². The van der Waals surface area contributed by atoms with Crippen molar-refractivity contribution < 1.29 is 13.2 Å². The summed E-state index contributed by atoms with van der Waals surface area (Å²) in [7, 11) is 0. The minimum Gasteiger partial charge on any atom is -0.308 e. The van der Waals surface area contributed by atoms with E-state index < -0.39 is 11.7 Å². The van der Waals surface area contributed by atoms with E-state index in [1.165, 1.54) is 12.1 Å². The van der Waals surface area contributed by atoms with Crippen molar-refractivity contribution in [2.75, 3.05) is 0 Å². The minimum absolute atomic E-state index is 0.0192. The SMILES string of the molecule is Cc1ccc2c(c1)c1cc(C)ccc1n2-c1ccc(-c2ccccc2C(F)(F)F)c(-n2c3ccc(C)cc3c3cc(C)ccc32)c1C#N. The van der Waals surface area contributed by atoms with E-state index in [1.54, 1.807) is 18.2 Å². The van der Waals surface area contributed by atoms with Gasteiger partial charge in [-0.25, -0.2) is 0 Å². The third-order valence-electron chi connectivity index (χ3n) is 9.41. The van der Waals surface area contributed by atoms with E-state index in [-0.39, 0.29) is 11.1 Å². The van der Waals surface area contributed by atoms with Crippen LogP contribution >= 0.6 is 0 Å². The van der Waals surface area contributed by atoms with Gasteiger partial charge in [0.25, 0.3) is 0 Å². The molecule has 0 bridgehead atoms. The summed E-state index contributed by atoms with van der Waals surface area (Å²) in [5, 5.41) is 15.2. The number of hydrogen-bond acceptors (Lipinski definition) is 1. The molecule has 0 amide bonds. The quantitative estimate of drug-likeness (QED) is 0.191. The summed E-state index contributed by atoms with van der Waals surface area (Å²) in [4.78, 5) is 0. The number of aromatic nitrogens is 2. The molecule has 6 aromatic carbocycles. The molecule has 0 radical (unpaired) electrons. The van der Waals surface area contributed by atoms with Crippen molar-refractivity contribution in [1.29, 1.82) is 5.26 Å². The molecule has 2 heterocycles. The van der Waals surface area contributed by atoms with Gasteiger partial charge in [-0.3, -0.25) is 0 Å². The predicted octanol–water partition coefficient (Wildman–Crippen LogP) is 11.7. The molecule has 48 heavy (non-hydrogen) atoms. The first-order valence-corrected chi connectivity index (χ1v) is 15.8. The standard InChI is InChI=1S/C42H30F3N3/c1-24-9-14-36-30(19-24)31-20-25(2)10-15-37(31)47(36)40-18-13-29(28-7-5-6-8-35(28)42(43,44)45)41(34(40)23-46)48-38-16-11-26(3)21-32(38)33-22-27(4)12-17-39(33)48/h5-22H,1-4H3. The van der Waals surface area contributed by atoms with E-state index in [2.05, 4.69) is 60.9 Å². The van der Waals surface area contributed by atoms with Gasteiger partial charge in [-0.2, -0.15) is 18.4 Å². The molecule has 2 aromatic heterocycles. The summed E-state index contributed by atoms with van der Waals surface area (Å²) >= 11 is 0. The zero-order valence-electron chi connectivity index (χ0n) is 26.9. The van der Waals surface area contributed by atoms with Crippen LogP contribution in [-0.2, 0) is 6.18 Å². The smallest absolute Gasteiger partial charge is 0.308 e. The van der Waals surface area contributed by atoms with Crippen LogP contribution in [0.4, 0.5) is 13.2 Å². The number of benzene rings is 6. The molecule has 0 atom stereocenters. The average molecular weight is 634 g/mol. The molecule has 0 N–H and O–H groups in total.